The number of carbonyl (C=O) groups is 4. The fourth-order valence-electron chi connectivity index (χ4n) is 5.11. The Labute approximate surface area is 254 Å². The summed E-state index contributed by atoms with van der Waals surface area (Å²) in [5.41, 5.74) is 2.28. The molecular weight excluding hydrogens is 584 g/mol. The van der Waals surface area contributed by atoms with Crippen LogP contribution < -0.4 is 4.74 Å². The molecule has 0 radical (unpaired) electrons. The first-order valence-electron chi connectivity index (χ1n) is 13.9. The molecule has 1 unspecified atom stereocenters. The first kappa shape index (κ1) is 32.2. The van der Waals surface area contributed by atoms with E-state index in [-0.39, 0.29) is 12.7 Å². The highest BCUT2D eigenvalue weighted by atomic mass is 35.5. The Morgan fingerprint density at radius 3 is 2.09 bits per heavy atom. The highest BCUT2D eigenvalue weighted by molar-refractivity contribution is 6.31. The van der Waals surface area contributed by atoms with Crippen molar-refractivity contribution in [2.75, 3.05) is 19.8 Å². The third-order valence-electron chi connectivity index (χ3n) is 6.90. The van der Waals surface area contributed by atoms with E-state index in [1.54, 1.807) is 12.1 Å². The van der Waals surface area contributed by atoms with Gasteiger partial charge in [-0.2, -0.15) is 0 Å². The lowest BCUT2D eigenvalue weighted by molar-refractivity contribution is -0.254. The van der Waals surface area contributed by atoms with Crippen LogP contribution in [0.2, 0.25) is 5.02 Å². The molecule has 0 aliphatic carbocycles. The third-order valence-corrected chi connectivity index (χ3v) is 7.27. The Morgan fingerprint density at radius 1 is 0.837 bits per heavy atom. The van der Waals surface area contributed by atoms with Gasteiger partial charge in [0.1, 0.15) is 30.7 Å². The van der Waals surface area contributed by atoms with Crippen LogP contribution >= 0.6 is 11.6 Å². The predicted octanol–water partition coefficient (Wildman–Crippen LogP) is 3.90. The molecule has 2 aliphatic heterocycles. The molecule has 4 rings (SSSR count). The molecule has 6 atom stereocenters. The minimum absolute atomic E-state index is 0.0403. The van der Waals surface area contributed by atoms with E-state index in [2.05, 4.69) is 0 Å². The predicted molar refractivity (Wildman–Crippen MR) is 151 cm³/mol. The van der Waals surface area contributed by atoms with Gasteiger partial charge in [0.2, 0.25) is 0 Å². The molecule has 2 aromatic rings. The zero-order chi connectivity index (χ0) is 31.1. The molecule has 2 saturated heterocycles. The molecule has 0 amide bonds. The summed E-state index contributed by atoms with van der Waals surface area (Å²) in [5.74, 6) is -1.90. The van der Waals surface area contributed by atoms with E-state index in [0.717, 1.165) is 23.3 Å². The maximum absolute atomic E-state index is 12.2. The van der Waals surface area contributed by atoms with Crippen LogP contribution in [0, 0.1) is 0 Å². The molecule has 43 heavy (non-hydrogen) atoms. The van der Waals surface area contributed by atoms with Crippen molar-refractivity contribution in [3.8, 4) is 5.75 Å². The van der Waals surface area contributed by atoms with Gasteiger partial charge in [0.15, 0.2) is 18.3 Å². The normalized spacial score (nSPS) is 25.0. The van der Waals surface area contributed by atoms with Gasteiger partial charge >= 0.3 is 23.9 Å². The molecule has 232 valence electrons. The van der Waals surface area contributed by atoms with Crippen molar-refractivity contribution < 1.29 is 52.3 Å². The number of hydrogen-bond donors (Lipinski definition) is 0. The maximum Gasteiger partial charge on any atom is 0.303 e. The highest BCUT2D eigenvalue weighted by Gasteiger charge is 2.52. The molecule has 2 aliphatic rings. The maximum atomic E-state index is 12.2. The minimum atomic E-state index is -1.26. The fraction of sp³-hybridized carbons (Fsp3) is 0.484. The quantitative estimate of drug-likeness (QED) is 0.284. The summed E-state index contributed by atoms with van der Waals surface area (Å²) in [6.07, 6.45) is -4.39. The smallest absolute Gasteiger partial charge is 0.303 e. The summed E-state index contributed by atoms with van der Waals surface area (Å²) in [6.45, 7) is 5.73. The van der Waals surface area contributed by atoms with Crippen molar-refractivity contribution in [2.45, 2.75) is 77.2 Å². The van der Waals surface area contributed by atoms with Crippen LogP contribution in [0.1, 0.15) is 56.9 Å². The van der Waals surface area contributed by atoms with Gasteiger partial charge in [-0.1, -0.05) is 35.9 Å². The van der Waals surface area contributed by atoms with Crippen LogP contribution in [0.5, 0.6) is 5.75 Å². The average molecular weight is 619 g/mol. The second-order valence-electron chi connectivity index (χ2n) is 10.4. The summed E-state index contributed by atoms with van der Waals surface area (Å²) in [6, 6.07) is 12.9. The van der Waals surface area contributed by atoms with Crippen molar-refractivity contribution >= 4 is 35.5 Å². The number of carbonyl (C=O) groups excluding carboxylic acids is 4. The standard InChI is InChI=1S/C31H35ClO11/c1-17(33)38-16-27-29(39-18(2)34)31(41-20(4)36)30(40-19(3)35)28(43-27)22-7-10-26(32)23(14-22)13-21-5-8-24(9-6-21)42-25-11-12-37-15-25/h5-10,14,25,27-31H,11-13,15-16H2,1-4H3/t25-,27-,28?,29-,30+,31+/m1/s1. The molecule has 0 spiro atoms. The fourth-order valence-corrected chi connectivity index (χ4v) is 5.29. The molecule has 2 aromatic carbocycles. The van der Waals surface area contributed by atoms with Gasteiger partial charge in [0.25, 0.3) is 0 Å². The van der Waals surface area contributed by atoms with E-state index >= 15 is 0 Å². The van der Waals surface area contributed by atoms with Crippen LogP contribution in [0.15, 0.2) is 42.5 Å². The zero-order valence-corrected chi connectivity index (χ0v) is 25.2. The van der Waals surface area contributed by atoms with E-state index in [1.807, 2.05) is 30.3 Å². The van der Waals surface area contributed by atoms with Gasteiger partial charge in [0.05, 0.1) is 13.2 Å². The van der Waals surface area contributed by atoms with Gasteiger partial charge in [-0.25, -0.2) is 0 Å². The van der Waals surface area contributed by atoms with Crippen LogP contribution in [-0.4, -0.2) is 74.2 Å². The van der Waals surface area contributed by atoms with Crippen molar-refractivity contribution in [3.63, 3.8) is 0 Å². The summed E-state index contributed by atoms with van der Waals surface area (Å²) < 4.78 is 39.4. The lowest BCUT2D eigenvalue weighted by Crippen LogP contribution is -2.59. The van der Waals surface area contributed by atoms with Gasteiger partial charge < -0.3 is 33.2 Å². The van der Waals surface area contributed by atoms with E-state index in [0.29, 0.717) is 30.2 Å². The molecule has 12 heteroatoms. The van der Waals surface area contributed by atoms with E-state index in [4.69, 9.17) is 44.8 Å². The van der Waals surface area contributed by atoms with Crippen molar-refractivity contribution in [2.24, 2.45) is 0 Å². The number of halogens is 1. The number of rotatable bonds is 10. The second-order valence-corrected chi connectivity index (χ2v) is 10.8. The van der Waals surface area contributed by atoms with Crippen molar-refractivity contribution in [1.82, 2.24) is 0 Å². The number of benzene rings is 2. The number of ether oxygens (including phenoxy) is 7. The van der Waals surface area contributed by atoms with E-state index < -0.39 is 54.4 Å². The Bertz CT molecular complexity index is 1310. The Balaban J connectivity index is 1.65. The van der Waals surface area contributed by atoms with Gasteiger partial charge in [0, 0.05) is 39.1 Å². The number of hydrogen-bond acceptors (Lipinski definition) is 11. The monoisotopic (exact) mass is 618 g/mol. The highest BCUT2D eigenvalue weighted by Crippen LogP contribution is 2.39. The first-order chi connectivity index (χ1) is 20.5. The second kappa shape index (κ2) is 14.7. The summed E-state index contributed by atoms with van der Waals surface area (Å²) in [5, 5.41) is 0.498. The lowest BCUT2D eigenvalue weighted by atomic mass is 9.89. The first-order valence-corrected chi connectivity index (χ1v) is 14.3. The number of esters is 4. The molecule has 2 heterocycles. The SMILES string of the molecule is CC(=O)OC[C@H]1OC(c2ccc(Cl)c(Cc3ccc(O[C@@H]4CCOC4)cc3)c2)[C@H](OC(C)=O)[C@@H](OC(C)=O)[C@@H]1OC(C)=O. The summed E-state index contributed by atoms with van der Waals surface area (Å²) in [4.78, 5) is 48.0. The molecule has 2 fully saturated rings. The van der Waals surface area contributed by atoms with E-state index in [1.165, 1.54) is 27.7 Å². The van der Waals surface area contributed by atoms with Crippen LogP contribution in [0.4, 0.5) is 0 Å². The van der Waals surface area contributed by atoms with E-state index in [9.17, 15) is 19.2 Å². The molecular formula is C31H35ClO11. The summed E-state index contributed by atoms with van der Waals surface area (Å²) >= 11 is 6.59. The van der Waals surface area contributed by atoms with Gasteiger partial charge in [-0.05, 0) is 41.3 Å². The Kier molecular flexibility index (Phi) is 11.0. The topological polar surface area (TPSA) is 133 Å². The average Bonchev–Trinajstić information content (AvgIpc) is 3.44. The Morgan fingerprint density at radius 2 is 1.49 bits per heavy atom. The molecule has 0 saturated carbocycles. The molecule has 11 nitrogen and oxygen atoms in total. The molecule has 0 aromatic heterocycles. The van der Waals surface area contributed by atoms with Crippen LogP contribution in [-0.2, 0) is 54.0 Å². The van der Waals surface area contributed by atoms with Gasteiger partial charge in [-0.3, -0.25) is 19.2 Å². The van der Waals surface area contributed by atoms with Crippen LogP contribution in [0.25, 0.3) is 0 Å². The van der Waals surface area contributed by atoms with Gasteiger partial charge in [-0.15, -0.1) is 0 Å². The zero-order valence-electron chi connectivity index (χ0n) is 24.4. The minimum Gasteiger partial charge on any atom is -0.488 e. The van der Waals surface area contributed by atoms with Crippen molar-refractivity contribution in [1.29, 1.82) is 0 Å². The van der Waals surface area contributed by atoms with Crippen LogP contribution in [0.3, 0.4) is 0 Å². The Hall–Kier alpha value is -3.67. The lowest BCUT2D eigenvalue weighted by Gasteiger charge is -2.44. The third kappa shape index (κ3) is 8.92. The summed E-state index contributed by atoms with van der Waals surface area (Å²) in [7, 11) is 0. The van der Waals surface area contributed by atoms with Crippen molar-refractivity contribution in [3.05, 3.63) is 64.2 Å². The molecule has 0 bridgehead atoms. The molecule has 0 N–H and O–H groups in total. The largest absolute Gasteiger partial charge is 0.488 e.